The first kappa shape index (κ1) is 15.2. The molecule has 1 N–H and O–H groups in total. The van der Waals surface area contributed by atoms with Crippen molar-refractivity contribution in [1.29, 1.82) is 0 Å². The summed E-state index contributed by atoms with van der Waals surface area (Å²) < 4.78 is 50.8. The van der Waals surface area contributed by atoms with Gasteiger partial charge in [0.1, 0.15) is 0 Å². The van der Waals surface area contributed by atoms with Crippen molar-refractivity contribution in [3.63, 3.8) is 0 Å². The summed E-state index contributed by atoms with van der Waals surface area (Å²) in [6.07, 6.45) is -4.42. The summed E-state index contributed by atoms with van der Waals surface area (Å²) in [7, 11) is 0. The fraction of sp³-hybridized carbons (Fsp3) is 0.917. The number of carboxylic acids is 1. The van der Waals surface area contributed by atoms with Crippen molar-refractivity contribution in [2.45, 2.75) is 57.3 Å². The first-order chi connectivity index (χ1) is 8.16. The molecule has 1 unspecified atom stereocenters. The molecule has 0 aliphatic heterocycles. The van der Waals surface area contributed by atoms with Gasteiger partial charge >= 0.3 is 12.1 Å². The number of hydrogen-bond acceptors (Lipinski definition) is 1. The van der Waals surface area contributed by atoms with Crippen LogP contribution in [-0.4, -0.2) is 22.9 Å². The van der Waals surface area contributed by atoms with E-state index in [1.807, 2.05) is 0 Å². The van der Waals surface area contributed by atoms with E-state index in [9.17, 15) is 22.4 Å². The number of hydrogen-bond donors (Lipinski definition) is 1. The highest BCUT2D eigenvalue weighted by Gasteiger charge is 2.56. The van der Waals surface area contributed by atoms with Crippen molar-refractivity contribution in [1.82, 2.24) is 0 Å². The van der Waals surface area contributed by atoms with E-state index in [0.29, 0.717) is 12.8 Å². The second-order valence-corrected chi connectivity index (χ2v) is 5.22. The van der Waals surface area contributed by atoms with Crippen LogP contribution < -0.4 is 0 Å². The highest BCUT2D eigenvalue weighted by Crippen LogP contribution is 2.46. The molecule has 6 heteroatoms. The molecule has 106 valence electrons. The van der Waals surface area contributed by atoms with Crippen LogP contribution in [0.5, 0.6) is 0 Å². The fourth-order valence-corrected chi connectivity index (χ4v) is 2.32. The van der Waals surface area contributed by atoms with Crippen molar-refractivity contribution in [2.75, 3.05) is 0 Å². The Kier molecular flexibility index (Phi) is 4.61. The van der Waals surface area contributed by atoms with Crippen LogP contribution in [0.3, 0.4) is 0 Å². The van der Waals surface area contributed by atoms with Gasteiger partial charge in [-0.05, 0) is 44.4 Å². The summed E-state index contributed by atoms with van der Waals surface area (Å²) in [5.74, 6) is -1.39. The maximum atomic E-state index is 13.6. The molecule has 0 aromatic heterocycles. The van der Waals surface area contributed by atoms with Gasteiger partial charge in [0.05, 0.1) is 5.92 Å². The molecular formula is C12H18F4O2. The Morgan fingerprint density at radius 3 is 2.28 bits per heavy atom. The van der Waals surface area contributed by atoms with E-state index in [2.05, 4.69) is 0 Å². The lowest BCUT2D eigenvalue weighted by Crippen LogP contribution is -2.43. The van der Waals surface area contributed by atoms with Crippen LogP contribution >= 0.6 is 0 Å². The van der Waals surface area contributed by atoms with Crippen LogP contribution in [0.2, 0.25) is 0 Å². The third kappa shape index (κ3) is 3.59. The quantitative estimate of drug-likeness (QED) is 0.785. The highest BCUT2D eigenvalue weighted by atomic mass is 19.4. The number of carbonyl (C=O) groups is 1. The van der Waals surface area contributed by atoms with Gasteiger partial charge in [-0.1, -0.05) is 6.92 Å². The molecule has 1 rings (SSSR count). The molecule has 0 radical (unpaired) electrons. The summed E-state index contributed by atoms with van der Waals surface area (Å²) in [4.78, 5) is 10.6. The Bertz CT molecular complexity index is 293. The van der Waals surface area contributed by atoms with E-state index in [1.54, 1.807) is 6.92 Å². The van der Waals surface area contributed by atoms with Crippen molar-refractivity contribution < 1.29 is 27.5 Å². The summed E-state index contributed by atoms with van der Waals surface area (Å²) in [5, 5.41) is 8.69. The average molecular weight is 270 g/mol. The van der Waals surface area contributed by atoms with E-state index in [1.165, 1.54) is 0 Å². The third-order valence-electron chi connectivity index (χ3n) is 3.84. The van der Waals surface area contributed by atoms with Crippen LogP contribution in [0, 0.1) is 11.8 Å². The monoisotopic (exact) mass is 270 g/mol. The van der Waals surface area contributed by atoms with Gasteiger partial charge in [0, 0.05) is 0 Å². The molecule has 0 aromatic carbocycles. The Morgan fingerprint density at radius 1 is 1.39 bits per heavy atom. The van der Waals surface area contributed by atoms with E-state index < -0.39 is 36.6 Å². The van der Waals surface area contributed by atoms with E-state index in [-0.39, 0.29) is 18.8 Å². The summed E-state index contributed by atoms with van der Waals surface area (Å²) in [6, 6.07) is 0. The van der Waals surface area contributed by atoms with E-state index in [0.717, 1.165) is 0 Å². The standard InChI is InChI=1S/C12H18F4O2/c1-8(10(17)18)2-3-9-4-6-11(13,7-5-9)12(14,15)16/h8-9H,2-7H2,1H3,(H,17,18). The molecule has 0 saturated heterocycles. The molecule has 2 nitrogen and oxygen atoms in total. The topological polar surface area (TPSA) is 37.3 Å². The lowest BCUT2D eigenvalue weighted by molar-refractivity contribution is -0.242. The SMILES string of the molecule is CC(CCC1CCC(F)(C(F)(F)F)CC1)C(=O)O. The second kappa shape index (κ2) is 5.45. The van der Waals surface area contributed by atoms with Crippen molar-refractivity contribution >= 4 is 5.97 Å². The Hall–Kier alpha value is -0.810. The smallest absolute Gasteiger partial charge is 0.422 e. The first-order valence-corrected chi connectivity index (χ1v) is 6.14. The molecular weight excluding hydrogens is 252 g/mol. The average Bonchev–Trinajstić information content (AvgIpc) is 2.26. The van der Waals surface area contributed by atoms with Crippen molar-refractivity contribution in [3.8, 4) is 0 Å². The molecule has 0 amide bonds. The maximum absolute atomic E-state index is 13.6. The molecule has 1 atom stereocenters. The molecule has 18 heavy (non-hydrogen) atoms. The fourth-order valence-electron chi connectivity index (χ4n) is 2.32. The zero-order valence-electron chi connectivity index (χ0n) is 10.3. The van der Waals surface area contributed by atoms with Crippen molar-refractivity contribution in [3.05, 3.63) is 0 Å². The van der Waals surface area contributed by atoms with Crippen LogP contribution in [0.4, 0.5) is 17.6 Å². The predicted molar refractivity (Wildman–Crippen MR) is 57.9 cm³/mol. The number of aliphatic carboxylic acids is 1. The lowest BCUT2D eigenvalue weighted by atomic mass is 9.77. The van der Waals surface area contributed by atoms with Gasteiger partial charge in [-0.3, -0.25) is 4.79 Å². The predicted octanol–water partition coefficient (Wildman–Crippen LogP) is 3.95. The molecule has 1 saturated carbocycles. The molecule has 0 aromatic rings. The van der Waals surface area contributed by atoms with Crippen LogP contribution in [0.1, 0.15) is 45.4 Å². The summed E-state index contributed by atoms with van der Waals surface area (Å²) in [6.45, 7) is 1.57. The number of alkyl halides is 4. The lowest BCUT2D eigenvalue weighted by Gasteiger charge is -2.35. The zero-order chi connectivity index (χ0) is 14.0. The molecule has 1 aliphatic carbocycles. The maximum Gasteiger partial charge on any atom is 0.422 e. The molecule has 1 aliphatic rings. The van der Waals surface area contributed by atoms with Gasteiger partial charge in [-0.15, -0.1) is 0 Å². The summed E-state index contributed by atoms with van der Waals surface area (Å²) in [5.41, 5.74) is -3.04. The van der Waals surface area contributed by atoms with Crippen LogP contribution in [0.15, 0.2) is 0 Å². The normalized spacial score (nSPS) is 31.1. The molecule has 0 bridgehead atoms. The first-order valence-electron chi connectivity index (χ1n) is 6.14. The number of carboxylic acid groups (broad SMARTS) is 1. The Morgan fingerprint density at radius 2 is 1.89 bits per heavy atom. The third-order valence-corrected chi connectivity index (χ3v) is 3.84. The van der Waals surface area contributed by atoms with Crippen LogP contribution in [0.25, 0.3) is 0 Å². The van der Waals surface area contributed by atoms with Gasteiger partial charge < -0.3 is 5.11 Å². The van der Waals surface area contributed by atoms with Gasteiger partial charge in [-0.25, -0.2) is 4.39 Å². The van der Waals surface area contributed by atoms with Gasteiger partial charge in [0.25, 0.3) is 0 Å². The number of halogens is 4. The van der Waals surface area contributed by atoms with Gasteiger partial charge in [0.2, 0.25) is 5.67 Å². The highest BCUT2D eigenvalue weighted by molar-refractivity contribution is 5.69. The Balaban J connectivity index is 2.38. The van der Waals surface area contributed by atoms with Gasteiger partial charge in [0.15, 0.2) is 0 Å². The minimum atomic E-state index is -4.79. The number of rotatable bonds is 4. The minimum Gasteiger partial charge on any atom is -0.481 e. The van der Waals surface area contributed by atoms with Crippen molar-refractivity contribution in [2.24, 2.45) is 11.8 Å². The zero-order valence-corrected chi connectivity index (χ0v) is 10.3. The second-order valence-electron chi connectivity index (χ2n) is 5.22. The van der Waals surface area contributed by atoms with E-state index in [4.69, 9.17) is 5.11 Å². The van der Waals surface area contributed by atoms with E-state index >= 15 is 0 Å². The minimum absolute atomic E-state index is 0.0121. The van der Waals surface area contributed by atoms with Crippen LogP contribution in [-0.2, 0) is 4.79 Å². The van der Waals surface area contributed by atoms with Gasteiger partial charge in [-0.2, -0.15) is 13.2 Å². The molecule has 1 fully saturated rings. The largest absolute Gasteiger partial charge is 0.481 e. The molecule has 0 spiro atoms. The molecule has 0 heterocycles. The summed E-state index contributed by atoms with van der Waals surface area (Å²) >= 11 is 0. The Labute approximate surface area is 103 Å².